The highest BCUT2D eigenvalue weighted by atomic mass is 16.6. The molecule has 3 amide bonds. The van der Waals surface area contributed by atoms with Crippen LogP contribution < -0.4 is 20.1 Å². The Morgan fingerprint density at radius 1 is 0.962 bits per heavy atom. The van der Waals surface area contributed by atoms with Crippen LogP contribution in [0.4, 0.5) is 4.79 Å². The largest absolute Gasteiger partial charge is 0.496 e. The third-order valence-electron chi connectivity index (χ3n) is 10.7. The number of carbonyl (C=O) groups excluding carboxylic acids is 5. The topological polar surface area (TPSA) is 172 Å². The Hall–Kier alpha value is -4.88. The predicted octanol–water partition coefficient (Wildman–Crippen LogP) is 4.29. The van der Waals surface area contributed by atoms with E-state index in [1.54, 1.807) is 12.1 Å². The second-order valence-electron chi connectivity index (χ2n) is 14.1. The normalized spacial score (nSPS) is 26.7. The lowest BCUT2D eigenvalue weighted by Gasteiger charge is -2.29. The highest BCUT2D eigenvalue weighted by Gasteiger charge is 2.62. The fraction of sp³-hybridized carbons (Fsp3) is 0.579. The highest BCUT2D eigenvalue weighted by molar-refractivity contribution is 5.97. The summed E-state index contributed by atoms with van der Waals surface area (Å²) in [6.07, 6.45) is 9.84. The van der Waals surface area contributed by atoms with Gasteiger partial charge in [-0.2, -0.15) is 0 Å². The number of alkyl carbamates (subject to hydrolysis) is 1. The van der Waals surface area contributed by atoms with Gasteiger partial charge >= 0.3 is 18.0 Å². The van der Waals surface area contributed by atoms with Gasteiger partial charge in [-0.05, 0) is 70.4 Å². The number of nitrogens with one attached hydrogen (secondary N) is 2. The summed E-state index contributed by atoms with van der Waals surface area (Å²) in [6.45, 7) is 1.81. The molecule has 1 aromatic heterocycles. The summed E-state index contributed by atoms with van der Waals surface area (Å²) >= 11 is 0. The molecule has 2 aliphatic carbocycles. The molecule has 1 unspecified atom stereocenters. The van der Waals surface area contributed by atoms with Crippen LogP contribution in [-0.4, -0.2) is 97.4 Å². The molecule has 0 radical (unpaired) electrons. The van der Waals surface area contributed by atoms with Crippen molar-refractivity contribution in [2.75, 3.05) is 27.9 Å². The molecular weight excluding hydrogens is 672 g/mol. The molecule has 0 bridgehead atoms. The maximum atomic E-state index is 14.5. The molecule has 280 valence electrons. The van der Waals surface area contributed by atoms with E-state index >= 15 is 0 Å². The van der Waals surface area contributed by atoms with Crippen LogP contribution in [0.2, 0.25) is 0 Å². The Morgan fingerprint density at radius 2 is 1.73 bits per heavy atom. The van der Waals surface area contributed by atoms with Gasteiger partial charge in [-0.25, -0.2) is 19.4 Å². The molecular formula is C38H48N4O10. The molecule has 6 rings (SSSR count). The first-order valence-electron chi connectivity index (χ1n) is 18.2. The maximum absolute atomic E-state index is 14.5. The SMILES string of the molecule is COC(=O)c1cc(O[C@@H]2C[C@H]3C(=O)N[C@]4(C(=O)OC)CC4C=CCCCCC[C@H](NC(=O)OC4CCCC4)C(=O)N3C2)c2ccc(OC)c(C)c2n1. The van der Waals surface area contributed by atoms with Crippen molar-refractivity contribution >= 4 is 40.7 Å². The standard InChI is InChI=1S/C38H48N4O10/c1-22-30(48-2)17-16-26-31(19-28(35(45)49-3)39-32(22)26)51-25-18-29-33(43)41-38(36(46)50-4)20-23(38)12-8-6-5-7-9-15-27(34(44)42(29)21-25)40-37(47)52-24-13-10-11-14-24/h8,12,16-17,19,23-25,27,29H,5-7,9-11,13-15,18,20-21H2,1-4H3,(H,40,47)(H,41,43)/t23?,25-,27+,29+,38-/m1/s1. The minimum atomic E-state index is -1.24. The van der Waals surface area contributed by atoms with Gasteiger partial charge in [0.05, 0.1) is 33.4 Å². The number of aryl methyl sites for hydroxylation is 1. The molecule has 2 aliphatic heterocycles. The highest BCUT2D eigenvalue weighted by Crippen LogP contribution is 2.46. The van der Waals surface area contributed by atoms with Crippen LogP contribution in [0.25, 0.3) is 10.9 Å². The van der Waals surface area contributed by atoms with Crippen molar-refractivity contribution < 1.29 is 47.7 Å². The van der Waals surface area contributed by atoms with Gasteiger partial charge in [-0.3, -0.25) is 9.59 Å². The number of allylic oxidation sites excluding steroid dienone is 1. The lowest BCUT2D eigenvalue weighted by atomic mass is 10.0. The minimum Gasteiger partial charge on any atom is -0.496 e. The summed E-state index contributed by atoms with van der Waals surface area (Å²) in [7, 11) is 4.08. The minimum absolute atomic E-state index is 0.00611. The monoisotopic (exact) mass is 720 g/mol. The Balaban J connectivity index is 1.33. The number of amides is 3. The van der Waals surface area contributed by atoms with Crippen LogP contribution in [0.3, 0.4) is 0 Å². The molecule has 5 atom stereocenters. The number of nitrogens with zero attached hydrogens (tertiary/aromatic N) is 2. The first-order chi connectivity index (χ1) is 25.1. The lowest BCUT2D eigenvalue weighted by molar-refractivity contribution is -0.148. The number of methoxy groups -OCH3 is 3. The Kier molecular flexibility index (Phi) is 11.2. The van der Waals surface area contributed by atoms with Crippen LogP contribution in [0.5, 0.6) is 11.5 Å². The van der Waals surface area contributed by atoms with Crippen LogP contribution in [0.15, 0.2) is 30.4 Å². The van der Waals surface area contributed by atoms with Crippen molar-refractivity contribution in [3.8, 4) is 11.5 Å². The van der Waals surface area contributed by atoms with Crippen LogP contribution >= 0.6 is 0 Å². The van der Waals surface area contributed by atoms with Crippen molar-refractivity contribution in [3.63, 3.8) is 0 Å². The van der Waals surface area contributed by atoms with Gasteiger partial charge in [0.1, 0.15) is 41.3 Å². The van der Waals surface area contributed by atoms with Crippen molar-refractivity contribution in [2.24, 2.45) is 5.92 Å². The smallest absolute Gasteiger partial charge is 0.408 e. The lowest BCUT2D eigenvalue weighted by Crippen LogP contribution is -2.56. The number of aromatic nitrogens is 1. The van der Waals surface area contributed by atoms with E-state index in [-0.39, 0.29) is 30.7 Å². The number of rotatable bonds is 7. The number of carbonyl (C=O) groups is 5. The molecule has 14 heteroatoms. The number of esters is 2. The maximum Gasteiger partial charge on any atom is 0.408 e. The number of fused-ring (bicyclic) bond motifs is 3. The number of pyridine rings is 1. The third kappa shape index (κ3) is 7.65. The van der Waals surface area contributed by atoms with E-state index in [9.17, 15) is 24.0 Å². The molecule has 0 spiro atoms. The number of ether oxygens (including phenoxy) is 5. The van der Waals surface area contributed by atoms with E-state index < -0.39 is 53.6 Å². The second-order valence-corrected chi connectivity index (χ2v) is 14.1. The summed E-state index contributed by atoms with van der Waals surface area (Å²) in [5.74, 6) is -1.56. The van der Waals surface area contributed by atoms with Crippen molar-refractivity contribution in [1.29, 1.82) is 0 Å². The summed E-state index contributed by atoms with van der Waals surface area (Å²) in [4.78, 5) is 73.5. The Morgan fingerprint density at radius 3 is 2.46 bits per heavy atom. The molecule has 14 nitrogen and oxygen atoms in total. The Bertz CT molecular complexity index is 1740. The first kappa shape index (κ1) is 36.9. The van der Waals surface area contributed by atoms with Crippen molar-refractivity contribution in [2.45, 2.75) is 107 Å². The molecule has 3 fully saturated rings. The fourth-order valence-electron chi connectivity index (χ4n) is 7.74. The van der Waals surface area contributed by atoms with Crippen molar-refractivity contribution in [3.05, 3.63) is 41.6 Å². The summed E-state index contributed by atoms with van der Waals surface area (Å²) in [6, 6.07) is 3.03. The molecule has 1 saturated heterocycles. The average Bonchev–Trinajstić information content (AvgIpc) is 3.42. The molecule has 2 N–H and O–H groups in total. The second kappa shape index (κ2) is 15.8. The van der Waals surface area contributed by atoms with Gasteiger partial charge in [-0.1, -0.05) is 25.0 Å². The quantitative estimate of drug-likeness (QED) is 0.238. The van der Waals surface area contributed by atoms with Crippen LogP contribution in [0, 0.1) is 12.8 Å². The summed E-state index contributed by atoms with van der Waals surface area (Å²) < 4.78 is 27.8. The number of hydrogen-bond acceptors (Lipinski definition) is 11. The van der Waals surface area contributed by atoms with E-state index in [2.05, 4.69) is 15.6 Å². The fourth-order valence-corrected chi connectivity index (χ4v) is 7.74. The van der Waals surface area contributed by atoms with Gasteiger partial charge in [0, 0.05) is 29.4 Å². The molecule has 52 heavy (non-hydrogen) atoms. The molecule has 2 aromatic rings. The van der Waals surface area contributed by atoms with E-state index in [1.165, 1.54) is 32.3 Å². The van der Waals surface area contributed by atoms with E-state index in [4.69, 9.17) is 23.7 Å². The van der Waals surface area contributed by atoms with E-state index in [0.717, 1.165) is 44.9 Å². The van der Waals surface area contributed by atoms with Gasteiger partial charge in [0.25, 0.3) is 0 Å². The zero-order valence-electron chi connectivity index (χ0n) is 30.2. The number of hydrogen-bond donors (Lipinski definition) is 2. The first-order valence-corrected chi connectivity index (χ1v) is 18.2. The van der Waals surface area contributed by atoms with E-state index in [1.807, 2.05) is 19.1 Å². The number of benzene rings is 1. The Labute approximate surface area is 302 Å². The van der Waals surface area contributed by atoms with E-state index in [0.29, 0.717) is 47.2 Å². The van der Waals surface area contributed by atoms with Gasteiger partial charge in [-0.15, -0.1) is 0 Å². The van der Waals surface area contributed by atoms with Gasteiger partial charge in [0.15, 0.2) is 5.69 Å². The molecule has 1 aromatic carbocycles. The zero-order chi connectivity index (χ0) is 37.0. The summed E-state index contributed by atoms with van der Waals surface area (Å²) in [5, 5.41) is 6.35. The van der Waals surface area contributed by atoms with Gasteiger partial charge < -0.3 is 39.2 Å². The van der Waals surface area contributed by atoms with Crippen LogP contribution in [0.1, 0.15) is 86.7 Å². The molecule has 2 saturated carbocycles. The van der Waals surface area contributed by atoms with Gasteiger partial charge in [0.2, 0.25) is 11.8 Å². The zero-order valence-corrected chi connectivity index (χ0v) is 30.2. The predicted molar refractivity (Wildman–Crippen MR) is 188 cm³/mol. The summed E-state index contributed by atoms with van der Waals surface area (Å²) in [5.41, 5.74) is -0.0758. The average molecular weight is 721 g/mol. The molecule has 3 heterocycles. The molecule has 4 aliphatic rings. The third-order valence-corrected chi connectivity index (χ3v) is 10.7. The van der Waals surface area contributed by atoms with Crippen LogP contribution in [-0.2, 0) is 28.6 Å². The van der Waals surface area contributed by atoms with Crippen molar-refractivity contribution in [1.82, 2.24) is 20.5 Å².